The molecule has 102 valence electrons. The molecule has 1 N–H and O–H groups in total. The first-order valence-electron chi connectivity index (χ1n) is 6.07. The summed E-state index contributed by atoms with van der Waals surface area (Å²) in [6.45, 7) is 7.95. The van der Waals surface area contributed by atoms with Gasteiger partial charge in [-0.3, -0.25) is 0 Å². The Morgan fingerprint density at radius 3 is 2.65 bits per heavy atom. The summed E-state index contributed by atoms with van der Waals surface area (Å²) in [5, 5.41) is 2.59. The summed E-state index contributed by atoms with van der Waals surface area (Å²) in [6.07, 6.45) is 0.920. The van der Waals surface area contributed by atoms with Gasteiger partial charge in [0.2, 0.25) is 10.0 Å². The van der Waals surface area contributed by atoms with Crippen molar-refractivity contribution in [3.63, 3.8) is 0 Å². The third-order valence-corrected chi connectivity index (χ3v) is 6.80. The smallest absolute Gasteiger partial charge is 0.217 e. The molecule has 0 aromatic heterocycles. The molecule has 0 amide bonds. The third kappa shape index (κ3) is 4.12. The molecule has 0 aromatic rings. The Bertz CT molecular complexity index is 341. The van der Waals surface area contributed by atoms with Crippen LogP contribution in [0.3, 0.4) is 0 Å². The van der Waals surface area contributed by atoms with E-state index in [-0.39, 0.29) is 10.00 Å². The molecule has 1 rings (SSSR count). The summed E-state index contributed by atoms with van der Waals surface area (Å²) < 4.78 is 26.5. The molecular weight excluding hydrogens is 256 g/mol. The van der Waals surface area contributed by atoms with Crippen LogP contribution in [0.1, 0.15) is 27.2 Å². The Morgan fingerprint density at radius 2 is 2.06 bits per heavy atom. The quantitative estimate of drug-likeness (QED) is 0.839. The van der Waals surface area contributed by atoms with Gasteiger partial charge in [-0.2, -0.15) is 11.8 Å². The summed E-state index contributed by atoms with van der Waals surface area (Å²) in [6, 6.07) is 0. The zero-order valence-corrected chi connectivity index (χ0v) is 12.8. The number of sulfonamides is 1. The standard InChI is InChI=1S/C11H24N2O2S2/c1-10(9-12-4)17(14,15)13-6-5-11(2,3)16-8-7-13/h10,12H,5-9H2,1-4H3. The van der Waals surface area contributed by atoms with Gasteiger partial charge in [0.15, 0.2) is 0 Å². The van der Waals surface area contributed by atoms with E-state index in [0.29, 0.717) is 19.6 Å². The van der Waals surface area contributed by atoms with Crippen LogP contribution in [0.15, 0.2) is 0 Å². The van der Waals surface area contributed by atoms with E-state index in [1.807, 2.05) is 11.8 Å². The number of hydrogen-bond acceptors (Lipinski definition) is 4. The molecule has 0 radical (unpaired) electrons. The molecule has 1 saturated heterocycles. The maximum absolute atomic E-state index is 12.3. The fraction of sp³-hybridized carbons (Fsp3) is 1.00. The molecule has 1 aliphatic heterocycles. The van der Waals surface area contributed by atoms with Crippen molar-refractivity contribution >= 4 is 21.8 Å². The van der Waals surface area contributed by atoms with E-state index in [0.717, 1.165) is 12.2 Å². The lowest BCUT2D eigenvalue weighted by atomic mass is 10.1. The van der Waals surface area contributed by atoms with Crippen LogP contribution in [0.2, 0.25) is 0 Å². The highest BCUT2D eigenvalue weighted by molar-refractivity contribution is 8.00. The van der Waals surface area contributed by atoms with Gasteiger partial charge < -0.3 is 5.32 Å². The van der Waals surface area contributed by atoms with Crippen molar-refractivity contribution in [1.82, 2.24) is 9.62 Å². The van der Waals surface area contributed by atoms with Gasteiger partial charge >= 0.3 is 0 Å². The third-order valence-electron chi connectivity index (χ3n) is 3.16. The highest BCUT2D eigenvalue weighted by Crippen LogP contribution is 2.31. The first-order chi connectivity index (χ1) is 7.79. The van der Waals surface area contributed by atoms with Gasteiger partial charge in [-0.25, -0.2) is 12.7 Å². The predicted octanol–water partition coefficient (Wildman–Crippen LogP) is 1.14. The van der Waals surface area contributed by atoms with Crippen molar-refractivity contribution in [3.05, 3.63) is 0 Å². The number of nitrogens with one attached hydrogen (secondary N) is 1. The summed E-state index contributed by atoms with van der Waals surface area (Å²) in [5.74, 6) is 0.887. The van der Waals surface area contributed by atoms with E-state index >= 15 is 0 Å². The van der Waals surface area contributed by atoms with E-state index in [1.165, 1.54) is 0 Å². The average Bonchev–Trinajstić information content (AvgIpc) is 2.40. The fourth-order valence-corrected chi connectivity index (χ4v) is 4.70. The molecule has 0 aromatic carbocycles. The van der Waals surface area contributed by atoms with E-state index in [4.69, 9.17) is 0 Å². The molecule has 6 heteroatoms. The predicted molar refractivity (Wildman–Crippen MR) is 75.0 cm³/mol. The molecule has 0 spiro atoms. The van der Waals surface area contributed by atoms with Crippen molar-refractivity contribution in [3.8, 4) is 0 Å². The van der Waals surface area contributed by atoms with Gasteiger partial charge in [0, 0.05) is 30.1 Å². The molecule has 4 nitrogen and oxygen atoms in total. The van der Waals surface area contributed by atoms with Crippen molar-refractivity contribution in [1.29, 1.82) is 0 Å². The zero-order valence-electron chi connectivity index (χ0n) is 11.2. The van der Waals surface area contributed by atoms with Crippen LogP contribution in [-0.2, 0) is 10.0 Å². The van der Waals surface area contributed by atoms with Crippen LogP contribution in [0.25, 0.3) is 0 Å². The second kappa shape index (κ2) is 5.91. The van der Waals surface area contributed by atoms with Crippen molar-refractivity contribution in [2.75, 3.05) is 32.4 Å². The molecule has 1 fully saturated rings. The number of thioether (sulfide) groups is 1. The lowest BCUT2D eigenvalue weighted by Crippen LogP contribution is -2.42. The van der Waals surface area contributed by atoms with Crippen LogP contribution >= 0.6 is 11.8 Å². The van der Waals surface area contributed by atoms with Crippen molar-refractivity contribution in [2.45, 2.75) is 37.2 Å². The second-order valence-electron chi connectivity index (χ2n) is 5.17. The Kier molecular flexibility index (Phi) is 5.31. The summed E-state index contributed by atoms with van der Waals surface area (Å²) in [5.41, 5.74) is 0. The Labute approximate surface area is 110 Å². The topological polar surface area (TPSA) is 49.4 Å². The van der Waals surface area contributed by atoms with Gasteiger partial charge in [0.25, 0.3) is 0 Å². The maximum Gasteiger partial charge on any atom is 0.217 e. The highest BCUT2D eigenvalue weighted by atomic mass is 32.2. The van der Waals surface area contributed by atoms with Crippen LogP contribution < -0.4 is 5.32 Å². The number of hydrogen-bond donors (Lipinski definition) is 1. The van der Waals surface area contributed by atoms with E-state index in [1.54, 1.807) is 18.3 Å². The van der Waals surface area contributed by atoms with E-state index < -0.39 is 10.0 Å². The molecule has 0 aliphatic carbocycles. The Hall–Kier alpha value is 0.220. The highest BCUT2D eigenvalue weighted by Gasteiger charge is 2.32. The van der Waals surface area contributed by atoms with Crippen molar-refractivity contribution < 1.29 is 8.42 Å². The largest absolute Gasteiger partial charge is 0.318 e. The minimum absolute atomic E-state index is 0.191. The molecule has 1 atom stereocenters. The molecule has 1 heterocycles. The Balaban J connectivity index is 2.72. The van der Waals surface area contributed by atoms with E-state index in [9.17, 15) is 8.42 Å². The van der Waals surface area contributed by atoms with Crippen LogP contribution in [0.5, 0.6) is 0 Å². The van der Waals surface area contributed by atoms with Crippen LogP contribution in [0, 0.1) is 0 Å². The molecule has 0 bridgehead atoms. The average molecular weight is 280 g/mol. The number of nitrogens with zero attached hydrogens (tertiary/aromatic N) is 1. The normalized spacial score (nSPS) is 24.2. The van der Waals surface area contributed by atoms with Crippen LogP contribution in [0.4, 0.5) is 0 Å². The molecule has 17 heavy (non-hydrogen) atoms. The van der Waals surface area contributed by atoms with Crippen LogP contribution in [-0.4, -0.2) is 55.2 Å². The summed E-state index contributed by atoms with van der Waals surface area (Å²) >= 11 is 1.86. The lowest BCUT2D eigenvalue weighted by Gasteiger charge is -2.25. The minimum atomic E-state index is -3.14. The summed E-state index contributed by atoms with van der Waals surface area (Å²) in [7, 11) is -1.36. The monoisotopic (exact) mass is 280 g/mol. The summed E-state index contributed by atoms with van der Waals surface area (Å²) in [4.78, 5) is 0. The first-order valence-corrected chi connectivity index (χ1v) is 8.56. The second-order valence-corrected chi connectivity index (χ2v) is 9.32. The molecular formula is C11H24N2O2S2. The van der Waals surface area contributed by atoms with Gasteiger partial charge in [-0.05, 0) is 20.4 Å². The first kappa shape index (κ1) is 15.3. The molecule has 1 unspecified atom stereocenters. The number of rotatable bonds is 4. The van der Waals surface area contributed by atoms with Gasteiger partial charge in [0.05, 0.1) is 5.25 Å². The van der Waals surface area contributed by atoms with Crippen molar-refractivity contribution in [2.24, 2.45) is 0 Å². The maximum atomic E-state index is 12.3. The van der Waals surface area contributed by atoms with E-state index in [2.05, 4.69) is 19.2 Å². The minimum Gasteiger partial charge on any atom is -0.318 e. The Morgan fingerprint density at radius 1 is 1.41 bits per heavy atom. The SMILES string of the molecule is CNCC(C)S(=O)(=O)N1CCSC(C)(C)CC1. The van der Waals surface area contributed by atoms with Gasteiger partial charge in [-0.1, -0.05) is 13.8 Å². The lowest BCUT2D eigenvalue weighted by molar-refractivity contribution is 0.408. The fourth-order valence-electron chi connectivity index (χ4n) is 1.90. The van der Waals surface area contributed by atoms with Gasteiger partial charge in [0.1, 0.15) is 0 Å². The molecule has 0 saturated carbocycles. The zero-order chi connectivity index (χ0) is 13.1. The van der Waals surface area contributed by atoms with Gasteiger partial charge in [-0.15, -0.1) is 0 Å². The molecule has 1 aliphatic rings.